The molecular weight excluding hydrogens is 226 g/mol. The molecule has 2 rings (SSSR count). The summed E-state index contributed by atoms with van der Waals surface area (Å²) in [5, 5.41) is 3.30. The Labute approximate surface area is 108 Å². The van der Waals surface area contributed by atoms with E-state index in [-0.39, 0.29) is 11.9 Å². The molecule has 1 aliphatic heterocycles. The normalized spacial score (nSPS) is 19.6. The Morgan fingerprint density at radius 3 is 3.06 bits per heavy atom. The van der Waals surface area contributed by atoms with Gasteiger partial charge in [-0.15, -0.1) is 0 Å². The number of hydrogen-bond donors (Lipinski definition) is 1. The molecule has 0 spiro atoms. The van der Waals surface area contributed by atoms with Gasteiger partial charge in [-0.3, -0.25) is 9.78 Å². The van der Waals surface area contributed by atoms with Crippen LogP contribution >= 0.6 is 0 Å². The van der Waals surface area contributed by atoms with Crippen molar-refractivity contribution in [1.29, 1.82) is 0 Å². The molecule has 0 saturated carbocycles. The van der Waals surface area contributed by atoms with Crippen molar-refractivity contribution < 1.29 is 4.79 Å². The number of pyridine rings is 1. The summed E-state index contributed by atoms with van der Waals surface area (Å²) < 4.78 is 0. The predicted octanol–water partition coefficient (Wildman–Crippen LogP) is 1.49. The van der Waals surface area contributed by atoms with Crippen molar-refractivity contribution in [2.45, 2.75) is 39.3 Å². The lowest BCUT2D eigenvalue weighted by molar-refractivity contribution is -0.129. The molecule has 1 aliphatic rings. The first-order chi connectivity index (χ1) is 8.70. The summed E-state index contributed by atoms with van der Waals surface area (Å²) >= 11 is 0. The van der Waals surface area contributed by atoms with E-state index in [4.69, 9.17) is 0 Å². The molecule has 1 aromatic rings. The molecule has 1 fully saturated rings. The highest BCUT2D eigenvalue weighted by Crippen LogP contribution is 2.14. The number of amides is 1. The SMILES string of the molecule is CCCNC1CCN(Cc2cccc(C)n2)C1=O. The largest absolute Gasteiger partial charge is 0.335 e. The van der Waals surface area contributed by atoms with Gasteiger partial charge >= 0.3 is 0 Å². The van der Waals surface area contributed by atoms with Gasteiger partial charge in [-0.25, -0.2) is 0 Å². The molecule has 0 bridgehead atoms. The third-order valence-electron chi connectivity index (χ3n) is 3.24. The van der Waals surface area contributed by atoms with Crippen LogP contribution in [-0.4, -0.2) is 34.9 Å². The summed E-state index contributed by atoms with van der Waals surface area (Å²) in [7, 11) is 0. The molecule has 4 nitrogen and oxygen atoms in total. The molecule has 0 aromatic carbocycles. The molecule has 4 heteroatoms. The Morgan fingerprint density at radius 2 is 2.33 bits per heavy atom. The first kappa shape index (κ1) is 13.0. The zero-order valence-electron chi connectivity index (χ0n) is 11.1. The summed E-state index contributed by atoms with van der Waals surface area (Å²) in [5.41, 5.74) is 1.97. The first-order valence-electron chi connectivity index (χ1n) is 6.65. The lowest BCUT2D eigenvalue weighted by Crippen LogP contribution is -2.38. The molecule has 1 saturated heterocycles. The summed E-state index contributed by atoms with van der Waals surface area (Å²) in [6, 6.07) is 5.95. The minimum Gasteiger partial charge on any atom is -0.335 e. The molecule has 18 heavy (non-hydrogen) atoms. The van der Waals surface area contributed by atoms with Gasteiger partial charge in [0, 0.05) is 12.2 Å². The average Bonchev–Trinajstić information content (AvgIpc) is 2.69. The molecule has 1 aromatic heterocycles. The van der Waals surface area contributed by atoms with Gasteiger partial charge in [0.05, 0.1) is 18.3 Å². The van der Waals surface area contributed by atoms with E-state index < -0.39 is 0 Å². The van der Waals surface area contributed by atoms with Crippen molar-refractivity contribution in [1.82, 2.24) is 15.2 Å². The maximum Gasteiger partial charge on any atom is 0.240 e. The standard InChI is InChI=1S/C14H21N3O/c1-3-8-15-13-7-9-17(14(13)18)10-12-6-4-5-11(2)16-12/h4-6,13,15H,3,7-10H2,1-2H3. The van der Waals surface area contributed by atoms with Crippen LogP contribution in [0.5, 0.6) is 0 Å². The van der Waals surface area contributed by atoms with Gasteiger partial charge in [-0.1, -0.05) is 13.0 Å². The summed E-state index contributed by atoms with van der Waals surface area (Å²) in [6.07, 6.45) is 1.97. The van der Waals surface area contributed by atoms with Crippen molar-refractivity contribution in [3.05, 3.63) is 29.6 Å². The molecule has 1 atom stereocenters. The van der Waals surface area contributed by atoms with Crippen LogP contribution in [0.15, 0.2) is 18.2 Å². The third kappa shape index (κ3) is 3.07. The van der Waals surface area contributed by atoms with Gasteiger partial charge < -0.3 is 10.2 Å². The Hall–Kier alpha value is -1.42. The van der Waals surface area contributed by atoms with Gasteiger partial charge in [0.2, 0.25) is 5.91 Å². The molecular formula is C14H21N3O. The molecule has 1 unspecified atom stereocenters. The lowest BCUT2D eigenvalue weighted by atomic mass is 10.2. The second kappa shape index (κ2) is 5.96. The van der Waals surface area contributed by atoms with Crippen molar-refractivity contribution in [3.63, 3.8) is 0 Å². The number of rotatable bonds is 5. The molecule has 0 radical (unpaired) electrons. The van der Waals surface area contributed by atoms with Crippen LogP contribution in [0.2, 0.25) is 0 Å². The number of hydrogen-bond acceptors (Lipinski definition) is 3. The number of nitrogens with one attached hydrogen (secondary N) is 1. The highest BCUT2D eigenvalue weighted by atomic mass is 16.2. The van der Waals surface area contributed by atoms with Crippen LogP contribution in [0.1, 0.15) is 31.2 Å². The zero-order valence-corrected chi connectivity index (χ0v) is 11.1. The van der Waals surface area contributed by atoms with E-state index >= 15 is 0 Å². The fourth-order valence-corrected chi connectivity index (χ4v) is 2.29. The summed E-state index contributed by atoms with van der Waals surface area (Å²) in [6.45, 7) is 6.45. The topological polar surface area (TPSA) is 45.2 Å². The van der Waals surface area contributed by atoms with E-state index in [0.717, 1.165) is 37.3 Å². The Morgan fingerprint density at radius 1 is 1.50 bits per heavy atom. The number of nitrogens with zero attached hydrogens (tertiary/aromatic N) is 2. The Balaban J connectivity index is 1.93. The quantitative estimate of drug-likeness (QED) is 0.857. The Bertz CT molecular complexity index is 419. The number of aromatic nitrogens is 1. The van der Waals surface area contributed by atoms with E-state index in [1.807, 2.05) is 30.0 Å². The second-order valence-electron chi connectivity index (χ2n) is 4.83. The van der Waals surface area contributed by atoms with E-state index in [1.165, 1.54) is 0 Å². The highest BCUT2D eigenvalue weighted by molar-refractivity contribution is 5.83. The molecule has 0 aliphatic carbocycles. The minimum absolute atomic E-state index is 0.00904. The number of aryl methyl sites for hydroxylation is 1. The van der Waals surface area contributed by atoms with Gasteiger partial charge in [-0.2, -0.15) is 0 Å². The van der Waals surface area contributed by atoms with E-state index in [2.05, 4.69) is 17.2 Å². The van der Waals surface area contributed by atoms with Crippen LogP contribution in [-0.2, 0) is 11.3 Å². The lowest BCUT2D eigenvalue weighted by Gasteiger charge is -2.16. The van der Waals surface area contributed by atoms with Gasteiger partial charge in [0.25, 0.3) is 0 Å². The van der Waals surface area contributed by atoms with Gasteiger partial charge in [-0.05, 0) is 38.4 Å². The van der Waals surface area contributed by atoms with E-state index in [1.54, 1.807) is 0 Å². The molecule has 2 heterocycles. The van der Waals surface area contributed by atoms with Crippen LogP contribution < -0.4 is 5.32 Å². The maximum absolute atomic E-state index is 12.1. The van der Waals surface area contributed by atoms with Crippen LogP contribution in [0.3, 0.4) is 0 Å². The fraction of sp³-hybridized carbons (Fsp3) is 0.571. The number of likely N-dealkylation sites (tertiary alicyclic amines) is 1. The molecule has 98 valence electrons. The fourth-order valence-electron chi connectivity index (χ4n) is 2.29. The van der Waals surface area contributed by atoms with Crippen LogP contribution in [0.25, 0.3) is 0 Å². The zero-order chi connectivity index (χ0) is 13.0. The second-order valence-corrected chi connectivity index (χ2v) is 4.83. The van der Waals surface area contributed by atoms with Crippen molar-refractivity contribution in [3.8, 4) is 0 Å². The van der Waals surface area contributed by atoms with Crippen molar-refractivity contribution in [2.75, 3.05) is 13.1 Å². The minimum atomic E-state index is 0.00904. The highest BCUT2D eigenvalue weighted by Gasteiger charge is 2.30. The summed E-state index contributed by atoms with van der Waals surface area (Å²) in [4.78, 5) is 18.5. The monoisotopic (exact) mass is 247 g/mol. The predicted molar refractivity (Wildman–Crippen MR) is 71.1 cm³/mol. The third-order valence-corrected chi connectivity index (χ3v) is 3.24. The van der Waals surface area contributed by atoms with Gasteiger partial charge in [0.15, 0.2) is 0 Å². The first-order valence-corrected chi connectivity index (χ1v) is 6.65. The molecule has 1 amide bonds. The Kier molecular flexibility index (Phi) is 4.31. The summed E-state index contributed by atoms with van der Waals surface area (Å²) in [5.74, 6) is 0.215. The van der Waals surface area contributed by atoms with Crippen LogP contribution in [0.4, 0.5) is 0 Å². The average molecular weight is 247 g/mol. The van der Waals surface area contributed by atoms with Crippen molar-refractivity contribution in [2.24, 2.45) is 0 Å². The van der Waals surface area contributed by atoms with E-state index in [9.17, 15) is 4.79 Å². The molecule has 1 N–H and O–H groups in total. The smallest absolute Gasteiger partial charge is 0.240 e. The number of carbonyl (C=O) groups is 1. The van der Waals surface area contributed by atoms with Gasteiger partial charge in [0.1, 0.15) is 0 Å². The van der Waals surface area contributed by atoms with E-state index in [0.29, 0.717) is 6.54 Å². The maximum atomic E-state index is 12.1. The van der Waals surface area contributed by atoms with Crippen LogP contribution in [0, 0.1) is 6.92 Å². The van der Waals surface area contributed by atoms with Crippen molar-refractivity contribution >= 4 is 5.91 Å². The number of carbonyl (C=O) groups excluding carboxylic acids is 1.